The number of nitrogens with zero attached hydrogens (tertiary/aromatic N) is 1. The van der Waals surface area contributed by atoms with E-state index in [9.17, 15) is 4.79 Å². The van der Waals surface area contributed by atoms with Crippen LogP contribution in [0, 0.1) is 18.3 Å². The fourth-order valence-corrected chi connectivity index (χ4v) is 1.88. The third-order valence-electron chi connectivity index (χ3n) is 2.23. The predicted molar refractivity (Wildman–Crippen MR) is 77.9 cm³/mol. The largest absolute Gasteiger partial charge is 0.459 e. The molecule has 0 spiro atoms. The highest BCUT2D eigenvalue weighted by molar-refractivity contribution is 9.10. The second-order valence-electron chi connectivity index (χ2n) is 5.21. The molecule has 0 heterocycles. The smallest absolute Gasteiger partial charge is 0.325 e. The van der Waals surface area contributed by atoms with Gasteiger partial charge in [0.05, 0.1) is 17.3 Å². The third kappa shape index (κ3) is 4.92. The summed E-state index contributed by atoms with van der Waals surface area (Å²) in [5, 5.41) is 11.9. The van der Waals surface area contributed by atoms with Crippen molar-refractivity contribution in [3.8, 4) is 6.07 Å². The topological polar surface area (TPSA) is 62.1 Å². The molecular formula is C14H17BrN2O2. The van der Waals surface area contributed by atoms with Gasteiger partial charge in [-0.05, 0) is 61.3 Å². The van der Waals surface area contributed by atoms with E-state index in [4.69, 9.17) is 10.00 Å². The van der Waals surface area contributed by atoms with Crippen LogP contribution in [0.1, 0.15) is 31.9 Å². The highest BCUT2D eigenvalue weighted by atomic mass is 79.9. The zero-order valence-corrected chi connectivity index (χ0v) is 13.1. The molecule has 0 aromatic heterocycles. The van der Waals surface area contributed by atoms with Crippen molar-refractivity contribution in [2.75, 3.05) is 11.9 Å². The van der Waals surface area contributed by atoms with Gasteiger partial charge in [0.2, 0.25) is 0 Å². The Balaban J connectivity index is 2.76. The van der Waals surface area contributed by atoms with Crippen LogP contribution in [0.3, 0.4) is 0 Å². The van der Waals surface area contributed by atoms with Gasteiger partial charge in [-0.25, -0.2) is 0 Å². The van der Waals surface area contributed by atoms with Crippen molar-refractivity contribution in [1.82, 2.24) is 0 Å². The first-order valence-corrected chi connectivity index (χ1v) is 6.68. The molecule has 1 aromatic rings. The van der Waals surface area contributed by atoms with Gasteiger partial charge in [-0.3, -0.25) is 4.79 Å². The maximum Gasteiger partial charge on any atom is 0.325 e. The van der Waals surface area contributed by atoms with Crippen molar-refractivity contribution in [2.24, 2.45) is 0 Å². The minimum absolute atomic E-state index is 0.0597. The number of carbonyl (C=O) groups is 1. The lowest BCUT2D eigenvalue weighted by Gasteiger charge is -2.20. The maximum absolute atomic E-state index is 11.6. The van der Waals surface area contributed by atoms with E-state index < -0.39 is 5.60 Å². The summed E-state index contributed by atoms with van der Waals surface area (Å²) < 4.78 is 6.05. The maximum atomic E-state index is 11.6. The van der Waals surface area contributed by atoms with Gasteiger partial charge in [0.25, 0.3) is 0 Å². The van der Waals surface area contributed by atoms with Crippen LogP contribution in [-0.4, -0.2) is 18.1 Å². The fraction of sp³-hybridized carbons (Fsp3) is 0.429. The van der Waals surface area contributed by atoms with E-state index in [1.54, 1.807) is 12.1 Å². The Morgan fingerprint density at radius 1 is 1.47 bits per heavy atom. The quantitative estimate of drug-likeness (QED) is 0.866. The molecule has 0 radical (unpaired) electrons. The number of benzene rings is 1. The number of aryl methyl sites for hydroxylation is 1. The van der Waals surface area contributed by atoms with Crippen LogP contribution in [0.25, 0.3) is 0 Å². The van der Waals surface area contributed by atoms with E-state index in [0.29, 0.717) is 11.3 Å². The molecule has 0 bridgehead atoms. The number of nitrogens with one attached hydrogen (secondary N) is 1. The average Bonchev–Trinajstić information content (AvgIpc) is 2.28. The van der Waals surface area contributed by atoms with E-state index >= 15 is 0 Å². The first-order valence-electron chi connectivity index (χ1n) is 5.89. The summed E-state index contributed by atoms with van der Waals surface area (Å²) in [6.45, 7) is 7.41. The van der Waals surface area contributed by atoms with E-state index in [-0.39, 0.29) is 12.5 Å². The van der Waals surface area contributed by atoms with Crippen molar-refractivity contribution in [1.29, 1.82) is 5.26 Å². The van der Waals surface area contributed by atoms with Crippen LogP contribution >= 0.6 is 15.9 Å². The number of anilines is 1. The molecule has 0 fully saturated rings. The molecule has 1 N–H and O–H groups in total. The van der Waals surface area contributed by atoms with Gasteiger partial charge in [0, 0.05) is 4.47 Å². The summed E-state index contributed by atoms with van der Waals surface area (Å²) in [6, 6.07) is 5.56. The molecule has 0 saturated carbocycles. The number of halogens is 1. The number of nitriles is 1. The normalized spacial score (nSPS) is 10.7. The second-order valence-corrected chi connectivity index (χ2v) is 6.00. The number of hydrogen-bond acceptors (Lipinski definition) is 4. The number of ether oxygens (including phenoxy) is 1. The van der Waals surface area contributed by atoms with Crippen molar-refractivity contribution >= 4 is 27.6 Å². The zero-order valence-electron chi connectivity index (χ0n) is 11.5. The third-order valence-corrected chi connectivity index (χ3v) is 3.28. The van der Waals surface area contributed by atoms with Crippen molar-refractivity contribution < 1.29 is 9.53 Å². The van der Waals surface area contributed by atoms with Gasteiger partial charge in [-0.15, -0.1) is 0 Å². The lowest BCUT2D eigenvalue weighted by molar-refractivity contribution is -0.152. The SMILES string of the molecule is Cc1cc(C#N)cc(NCC(=O)OC(C)(C)C)c1Br. The summed E-state index contributed by atoms with van der Waals surface area (Å²) >= 11 is 3.43. The molecule has 0 unspecified atom stereocenters. The number of hydrogen-bond donors (Lipinski definition) is 1. The number of rotatable bonds is 3. The van der Waals surface area contributed by atoms with Gasteiger partial charge < -0.3 is 10.1 Å². The van der Waals surface area contributed by atoms with Crippen molar-refractivity contribution in [3.63, 3.8) is 0 Å². The molecule has 0 atom stereocenters. The molecule has 0 amide bonds. The van der Waals surface area contributed by atoms with Crippen molar-refractivity contribution in [2.45, 2.75) is 33.3 Å². The second kappa shape index (κ2) is 6.07. The summed E-state index contributed by atoms with van der Waals surface area (Å²) in [5.41, 5.74) is 1.70. The van der Waals surface area contributed by atoms with Crippen LogP contribution in [0.4, 0.5) is 5.69 Å². The molecule has 0 aliphatic heterocycles. The fourth-order valence-electron chi connectivity index (χ4n) is 1.51. The number of esters is 1. The lowest BCUT2D eigenvalue weighted by atomic mass is 10.1. The molecule has 102 valence electrons. The Morgan fingerprint density at radius 2 is 2.11 bits per heavy atom. The Bertz CT molecular complexity index is 527. The average molecular weight is 325 g/mol. The van der Waals surface area contributed by atoms with Gasteiger partial charge in [0.1, 0.15) is 12.1 Å². The molecule has 5 heteroatoms. The molecular weight excluding hydrogens is 308 g/mol. The summed E-state index contributed by atoms with van der Waals surface area (Å²) in [4.78, 5) is 11.6. The van der Waals surface area contributed by atoms with Gasteiger partial charge in [0.15, 0.2) is 0 Å². The molecule has 19 heavy (non-hydrogen) atoms. The van der Waals surface area contributed by atoms with E-state index in [1.807, 2.05) is 27.7 Å². The van der Waals surface area contributed by atoms with Crippen LogP contribution in [0.15, 0.2) is 16.6 Å². The van der Waals surface area contributed by atoms with E-state index in [1.165, 1.54) is 0 Å². The first-order chi connectivity index (χ1) is 8.73. The molecule has 1 aromatic carbocycles. The lowest BCUT2D eigenvalue weighted by Crippen LogP contribution is -2.28. The Hall–Kier alpha value is -1.54. The van der Waals surface area contributed by atoms with Crippen LogP contribution in [0.2, 0.25) is 0 Å². The highest BCUT2D eigenvalue weighted by Gasteiger charge is 2.16. The zero-order chi connectivity index (χ0) is 14.6. The van der Waals surface area contributed by atoms with Gasteiger partial charge in [-0.1, -0.05) is 0 Å². The predicted octanol–water partition coefficient (Wildman–Crippen LogP) is 3.38. The minimum Gasteiger partial charge on any atom is -0.459 e. The molecule has 0 aliphatic carbocycles. The number of carbonyl (C=O) groups excluding carboxylic acids is 1. The monoisotopic (exact) mass is 324 g/mol. The summed E-state index contributed by atoms with van der Waals surface area (Å²) in [7, 11) is 0. The van der Waals surface area contributed by atoms with E-state index in [0.717, 1.165) is 10.0 Å². The van der Waals surface area contributed by atoms with Crippen LogP contribution in [0.5, 0.6) is 0 Å². The van der Waals surface area contributed by atoms with E-state index in [2.05, 4.69) is 27.3 Å². The standard InChI is InChI=1S/C14H17BrN2O2/c1-9-5-10(7-16)6-11(13(9)15)17-8-12(18)19-14(2,3)4/h5-6,17H,8H2,1-4H3. The molecule has 4 nitrogen and oxygen atoms in total. The Labute approximate surface area is 121 Å². The molecule has 1 rings (SSSR count). The van der Waals surface area contributed by atoms with Gasteiger partial charge in [-0.2, -0.15) is 5.26 Å². The Kier molecular flexibility index (Phi) is 4.96. The van der Waals surface area contributed by atoms with Gasteiger partial charge >= 0.3 is 5.97 Å². The highest BCUT2D eigenvalue weighted by Crippen LogP contribution is 2.27. The summed E-state index contributed by atoms with van der Waals surface area (Å²) in [6.07, 6.45) is 0. The summed E-state index contributed by atoms with van der Waals surface area (Å²) in [5.74, 6) is -0.334. The van der Waals surface area contributed by atoms with Crippen LogP contribution < -0.4 is 5.32 Å². The molecule has 0 aliphatic rings. The van der Waals surface area contributed by atoms with Crippen LogP contribution in [-0.2, 0) is 9.53 Å². The first kappa shape index (κ1) is 15.5. The van der Waals surface area contributed by atoms with Crippen molar-refractivity contribution in [3.05, 3.63) is 27.7 Å². The Morgan fingerprint density at radius 3 is 2.63 bits per heavy atom. The minimum atomic E-state index is -0.500. The molecule has 0 saturated heterocycles.